The van der Waals surface area contributed by atoms with Crippen molar-refractivity contribution >= 4 is 17.4 Å². The number of rotatable bonds is 8. The second kappa shape index (κ2) is 8.27. The van der Waals surface area contributed by atoms with Crippen LogP contribution in [-0.2, 0) is 4.79 Å². The van der Waals surface area contributed by atoms with Crippen LogP contribution in [0.3, 0.4) is 0 Å². The lowest BCUT2D eigenvalue weighted by atomic mass is 9.94. The number of carbonyl (C=O) groups is 2. The summed E-state index contributed by atoms with van der Waals surface area (Å²) in [4.78, 5) is 39.0. The summed E-state index contributed by atoms with van der Waals surface area (Å²) < 4.78 is 5.15. The third-order valence-electron chi connectivity index (χ3n) is 4.77. The molecule has 9 heteroatoms. The Labute approximate surface area is 167 Å². The zero-order chi connectivity index (χ0) is 21.1. The zero-order valence-electron chi connectivity index (χ0n) is 16.1. The molecule has 2 N–H and O–H groups in total. The third-order valence-corrected chi connectivity index (χ3v) is 4.77. The lowest BCUT2D eigenvalue weighted by Crippen LogP contribution is -3.05. The molecule has 9 nitrogen and oxygen atoms in total. The van der Waals surface area contributed by atoms with Gasteiger partial charge in [0.15, 0.2) is 11.5 Å². The van der Waals surface area contributed by atoms with Crippen molar-refractivity contribution in [1.82, 2.24) is 4.90 Å². The number of ketones is 1. The number of Topliss-reactive ketones (excluding diaryl/α,β-unsaturated/α-hetero) is 1. The molecular formula is C20H22N3O6+. The van der Waals surface area contributed by atoms with Gasteiger partial charge in [0.25, 0.3) is 11.6 Å². The number of amides is 1. The number of aliphatic hydroxyl groups is 1. The minimum absolute atomic E-state index is 0.0191. The van der Waals surface area contributed by atoms with Crippen LogP contribution >= 0.6 is 0 Å². The number of hydrogen-bond donors (Lipinski definition) is 2. The van der Waals surface area contributed by atoms with Crippen LogP contribution < -0.4 is 4.90 Å². The van der Waals surface area contributed by atoms with E-state index in [1.807, 2.05) is 14.1 Å². The minimum atomic E-state index is -0.933. The Morgan fingerprint density at radius 2 is 2.07 bits per heavy atom. The molecule has 1 aromatic heterocycles. The van der Waals surface area contributed by atoms with Crippen molar-refractivity contribution in [2.45, 2.75) is 12.5 Å². The van der Waals surface area contributed by atoms with E-state index in [2.05, 4.69) is 0 Å². The van der Waals surface area contributed by atoms with Crippen LogP contribution in [0.15, 0.2) is 58.4 Å². The van der Waals surface area contributed by atoms with E-state index >= 15 is 0 Å². The number of benzene rings is 1. The Bertz CT molecular complexity index is 964. The van der Waals surface area contributed by atoms with Crippen LogP contribution in [0.2, 0.25) is 0 Å². The molecular weight excluding hydrogens is 378 g/mol. The molecule has 152 valence electrons. The first kappa shape index (κ1) is 20.3. The first-order chi connectivity index (χ1) is 13.8. The highest BCUT2D eigenvalue weighted by atomic mass is 16.6. The Hall–Kier alpha value is -3.46. The number of aliphatic hydroxyl groups excluding tert-OH is 1. The van der Waals surface area contributed by atoms with E-state index in [4.69, 9.17) is 4.42 Å². The van der Waals surface area contributed by atoms with E-state index in [0.717, 1.165) is 6.54 Å². The number of nitrogens with zero attached hydrogens (tertiary/aromatic N) is 2. The van der Waals surface area contributed by atoms with Gasteiger partial charge in [0.2, 0.25) is 5.78 Å². The van der Waals surface area contributed by atoms with Crippen molar-refractivity contribution in [2.75, 3.05) is 27.2 Å². The standard InChI is InChI=1S/C20H21N3O6/c1-21(2)9-5-10-22-17(13-6-3-7-14(12-13)23(27)28)16(19(25)20(22)26)18(24)15-8-4-11-29-15/h3-4,6-8,11-12,17,25H,5,9-10H2,1-2H3/p+1/t17-/m0/s1. The molecule has 0 saturated carbocycles. The number of nitro benzene ring substituents is 1. The lowest BCUT2D eigenvalue weighted by molar-refractivity contribution is -0.858. The second-order valence-electron chi connectivity index (χ2n) is 7.13. The van der Waals surface area contributed by atoms with E-state index in [1.165, 1.54) is 46.4 Å². The van der Waals surface area contributed by atoms with Crippen LogP contribution in [0, 0.1) is 10.1 Å². The fourth-order valence-electron chi connectivity index (χ4n) is 3.41. The molecule has 0 saturated heterocycles. The predicted molar refractivity (Wildman–Crippen MR) is 103 cm³/mol. The number of nitrogens with one attached hydrogen (secondary N) is 1. The average Bonchev–Trinajstić information content (AvgIpc) is 3.30. The van der Waals surface area contributed by atoms with Crippen LogP contribution in [0.4, 0.5) is 5.69 Å². The highest BCUT2D eigenvalue weighted by molar-refractivity contribution is 6.15. The van der Waals surface area contributed by atoms with E-state index in [9.17, 15) is 24.8 Å². The third kappa shape index (κ3) is 4.04. The maximum Gasteiger partial charge on any atom is 0.290 e. The minimum Gasteiger partial charge on any atom is -0.503 e. The molecule has 1 aliphatic heterocycles. The number of quaternary nitrogens is 1. The lowest BCUT2D eigenvalue weighted by Gasteiger charge is -2.26. The van der Waals surface area contributed by atoms with Crippen molar-refractivity contribution in [3.8, 4) is 0 Å². The van der Waals surface area contributed by atoms with E-state index in [-0.39, 0.29) is 23.6 Å². The maximum atomic E-state index is 13.0. The number of carbonyl (C=O) groups excluding carboxylic acids is 2. The SMILES string of the molecule is C[NH+](C)CCCN1C(=O)C(O)=C(C(=O)c2ccco2)[C@@H]1c1cccc([N+](=O)[O-])c1. The molecule has 1 aliphatic rings. The molecule has 0 unspecified atom stereocenters. The first-order valence-electron chi connectivity index (χ1n) is 9.17. The van der Waals surface area contributed by atoms with Crippen LogP contribution in [-0.4, -0.2) is 53.8 Å². The summed E-state index contributed by atoms with van der Waals surface area (Å²) in [7, 11) is 3.96. The molecule has 3 rings (SSSR count). The van der Waals surface area contributed by atoms with Crippen molar-refractivity contribution in [3.05, 3.63) is 75.4 Å². The first-order valence-corrected chi connectivity index (χ1v) is 9.17. The summed E-state index contributed by atoms with van der Waals surface area (Å²) >= 11 is 0. The van der Waals surface area contributed by atoms with Gasteiger partial charge in [-0.3, -0.25) is 19.7 Å². The molecule has 1 aromatic carbocycles. The Balaban J connectivity index is 2.04. The zero-order valence-corrected chi connectivity index (χ0v) is 16.1. The van der Waals surface area contributed by atoms with Gasteiger partial charge in [-0.2, -0.15) is 0 Å². The van der Waals surface area contributed by atoms with E-state index in [0.29, 0.717) is 12.0 Å². The summed E-state index contributed by atoms with van der Waals surface area (Å²) in [5.74, 6) is -1.97. The molecule has 2 heterocycles. The van der Waals surface area contributed by atoms with Crippen LogP contribution in [0.1, 0.15) is 28.6 Å². The van der Waals surface area contributed by atoms with E-state index in [1.54, 1.807) is 6.07 Å². The summed E-state index contributed by atoms with van der Waals surface area (Å²) in [6, 6.07) is 7.77. The molecule has 1 atom stereocenters. The molecule has 1 amide bonds. The number of nitro groups is 1. The van der Waals surface area contributed by atoms with Gasteiger partial charge >= 0.3 is 0 Å². The van der Waals surface area contributed by atoms with Crippen molar-refractivity contribution in [2.24, 2.45) is 0 Å². The van der Waals surface area contributed by atoms with Gasteiger partial charge in [0.1, 0.15) is 0 Å². The van der Waals surface area contributed by atoms with Gasteiger partial charge in [-0.15, -0.1) is 0 Å². The number of hydrogen-bond acceptors (Lipinski definition) is 6. The molecule has 0 spiro atoms. The largest absolute Gasteiger partial charge is 0.503 e. The normalized spacial score (nSPS) is 16.7. The topological polar surface area (TPSA) is 118 Å². The predicted octanol–water partition coefficient (Wildman–Crippen LogP) is 1.30. The molecule has 0 radical (unpaired) electrons. The summed E-state index contributed by atoms with van der Waals surface area (Å²) in [5.41, 5.74) is 0.0789. The van der Waals surface area contributed by atoms with Crippen molar-refractivity contribution < 1.29 is 28.9 Å². The fraction of sp³-hybridized carbons (Fsp3) is 0.300. The van der Waals surface area contributed by atoms with Crippen LogP contribution in [0.25, 0.3) is 0 Å². The highest BCUT2D eigenvalue weighted by Crippen LogP contribution is 2.39. The average molecular weight is 400 g/mol. The Morgan fingerprint density at radius 3 is 2.69 bits per heavy atom. The Kier molecular flexibility index (Phi) is 5.79. The quantitative estimate of drug-likeness (QED) is 0.392. The monoisotopic (exact) mass is 400 g/mol. The summed E-state index contributed by atoms with van der Waals surface area (Å²) in [6.45, 7) is 1.06. The summed E-state index contributed by atoms with van der Waals surface area (Å²) in [6.07, 6.45) is 1.95. The van der Waals surface area contributed by atoms with Gasteiger partial charge in [-0.25, -0.2) is 0 Å². The molecule has 0 bridgehead atoms. The Morgan fingerprint density at radius 1 is 1.31 bits per heavy atom. The highest BCUT2D eigenvalue weighted by Gasteiger charge is 2.44. The number of non-ortho nitro benzene ring substituents is 1. The van der Waals surface area contributed by atoms with Gasteiger partial charge in [0.05, 0.1) is 43.4 Å². The molecule has 0 aliphatic carbocycles. The van der Waals surface area contributed by atoms with E-state index < -0.39 is 28.4 Å². The molecule has 2 aromatic rings. The fourth-order valence-corrected chi connectivity index (χ4v) is 3.41. The van der Waals surface area contributed by atoms with Gasteiger partial charge < -0.3 is 19.3 Å². The second-order valence-corrected chi connectivity index (χ2v) is 7.13. The van der Waals surface area contributed by atoms with Crippen molar-refractivity contribution in [1.29, 1.82) is 0 Å². The number of furan rings is 1. The molecule has 29 heavy (non-hydrogen) atoms. The summed E-state index contributed by atoms with van der Waals surface area (Å²) in [5, 5.41) is 21.7. The van der Waals surface area contributed by atoms with Gasteiger partial charge in [-0.1, -0.05) is 12.1 Å². The van der Waals surface area contributed by atoms with Gasteiger partial charge in [0, 0.05) is 25.1 Å². The molecule has 0 fully saturated rings. The smallest absolute Gasteiger partial charge is 0.290 e. The van der Waals surface area contributed by atoms with Gasteiger partial charge in [-0.05, 0) is 17.7 Å². The maximum absolute atomic E-state index is 13.0. The van der Waals surface area contributed by atoms with Crippen molar-refractivity contribution in [3.63, 3.8) is 0 Å². The van der Waals surface area contributed by atoms with Crippen LogP contribution in [0.5, 0.6) is 0 Å².